The first kappa shape index (κ1) is 14.2. The van der Waals surface area contributed by atoms with Gasteiger partial charge in [-0.3, -0.25) is 4.90 Å². The van der Waals surface area contributed by atoms with Gasteiger partial charge in [0.05, 0.1) is 5.56 Å². The van der Waals surface area contributed by atoms with Gasteiger partial charge >= 0.3 is 6.18 Å². The summed E-state index contributed by atoms with van der Waals surface area (Å²) in [5.41, 5.74) is -0.353. The quantitative estimate of drug-likeness (QED) is 0.889. The van der Waals surface area contributed by atoms with E-state index in [1.54, 1.807) is 6.07 Å². The zero-order valence-corrected chi connectivity index (χ0v) is 10.9. The summed E-state index contributed by atoms with van der Waals surface area (Å²) in [7, 11) is 0. The summed E-state index contributed by atoms with van der Waals surface area (Å²) in [6, 6.07) is 3.74. The lowest BCUT2D eigenvalue weighted by molar-refractivity contribution is -0.138. The Bertz CT molecular complexity index is 445. The second-order valence-corrected chi connectivity index (χ2v) is 5.33. The Balaban J connectivity index is 2.13. The van der Waals surface area contributed by atoms with Crippen molar-refractivity contribution in [2.75, 3.05) is 13.1 Å². The van der Waals surface area contributed by atoms with Crippen molar-refractivity contribution in [3.8, 4) is 5.75 Å². The van der Waals surface area contributed by atoms with Crippen LogP contribution in [-0.2, 0) is 12.7 Å². The van der Waals surface area contributed by atoms with Crippen molar-refractivity contribution in [2.24, 2.45) is 5.92 Å². The van der Waals surface area contributed by atoms with Crippen molar-refractivity contribution in [1.82, 2.24) is 4.90 Å². The third-order valence-corrected chi connectivity index (χ3v) is 3.51. The Kier molecular flexibility index (Phi) is 4.04. The van der Waals surface area contributed by atoms with E-state index in [0.717, 1.165) is 31.6 Å². The molecule has 1 unspecified atom stereocenters. The Morgan fingerprint density at radius 1 is 1.37 bits per heavy atom. The van der Waals surface area contributed by atoms with Crippen LogP contribution < -0.4 is 0 Å². The number of phenolic OH excluding ortho intramolecular Hbond substituents is 1. The topological polar surface area (TPSA) is 23.5 Å². The van der Waals surface area contributed by atoms with Crippen molar-refractivity contribution in [1.29, 1.82) is 0 Å². The highest BCUT2D eigenvalue weighted by atomic mass is 19.4. The normalized spacial score (nSPS) is 21.6. The zero-order valence-electron chi connectivity index (χ0n) is 10.9. The maximum absolute atomic E-state index is 12.7. The van der Waals surface area contributed by atoms with Gasteiger partial charge in [-0.1, -0.05) is 13.0 Å². The fourth-order valence-electron chi connectivity index (χ4n) is 2.60. The summed E-state index contributed by atoms with van der Waals surface area (Å²) in [6.45, 7) is 4.51. The third-order valence-electron chi connectivity index (χ3n) is 3.51. The largest absolute Gasteiger partial charge is 0.507 e. The second kappa shape index (κ2) is 5.41. The van der Waals surface area contributed by atoms with Gasteiger partial charge in [-0.05, 0) is 43.0 Å². The van der Waals surface area contributed by atoms with Gasteiger partial charge in [-0.15, -0.1) is 0 Å². The molecule has 0 bridgehead atoms. The molecule has 2 nitrogen and oxygen atoms in total. The molecule has 0 saturated carbocycles. The van der Waals surface area contributed by atoms with E-state index < -0.39 is 17.5 Å². The Hall–Kier alpha value is -1.23. The summed E-state index contributed by atoms with van der Waals surface area (Å²) in [4.78, 5) is 2.17. The highest BCUT2D eigenvalue weighted by Gasteiger charge is 2.34. The van der Waals surface area contributed by atoms with E-state index in [1.807, 2.05) is 0 Å². The van der Waals surface area contributed by atoms with Crippen molar-refractivity contribution in [2.45, 2.75) is 32.5 Å². The molecule has 0 radical (unpaired) electrons. The summed E-state index contributed by atoms with van der Waals surface area (Å²) in [5.74, 6) is -0.115. The minimum atomic E-state index is -4.50. The minimum Gasteiger partial charge on any atom is -0.507 e. The average molecular weight is 273 g/mol. The van der Waals surface area contributed by atoms with E-state index in [2.05, 4.69) is 11.8 Å². The van der Waals surface area contributed by atoms with E-state index in [0.29, 0.717) is 18.0 Å². The van der Waals surface area contributed by atoms with Crippen LogP contribution in [0.2, 0.25) is 0 Å². The molecule has 0 spiro atoms. The van der Waals surface area contributed by atoms with E-state index in [-0.39, 0.29) is 0 Å². The molecule has 1 aromatic rings. The highest BCUT2D eigenvalue weighted by Crippen LogP contribution is 2.36. The molecule has 2 rings (SSSR count). The minimum absolute atomic E-state index is 0.508. The van der Waals surface area contributed by atoms with Gasteiger partial charge in [0.15, 0.2) is 0 Å². The first-order valence-electron chi connectivity index (χ1n) is 6.47. The molecule has 5 heteroatoms. The highest BCUT2D eigenvalue weighted by molar-refractivity contribution is 5.38. The number of hydrogen-bond acceptors (Lipinski definition) is 2. The van der Waals surface area contributed by atoms with E-state index in [4.69, 9.17) is 0 Å². The number of halogens is 3. The van der Waals surface area contributed by atoms with Crippen LogP contribution >= 0.6 is 0 Å². The molecule has 1 aliphatic heterocycles. The van der Waals surface area contributed by atoms with Crippen LogP contribution in [0.25, 0.3) is 0 Å². The molecule has 0 aromatic heterocycles. The maximum Gasteiger partial charge on any atom is 0.419 e. The summed E-state index contributed by atoms with van der Waals surface area (Å²) in [6.07, 6.45) is -2.24. The van der Waals surface area contributed by atoms with Crippen molar-refractivity contribution in [3.63, 3.8) is 0 Å². The van der Waals surface area contributed by atoms with E-state index >= 15 is 0 Å². The molecular weight excluding hydrogens is 255 g/mol. The molecule has 1 saturated heterocycles. The SMILES string of the molecule is CC1CCCN(Cc2ccc(O)c(C(F)(F)F)c2)C1. The fourth-order valence-corrected chi connectivity index (χ4v) is 2.60. The van der Waals surface area contributed by atoms with Gasteiger partial charge in [-0.25, -0.2) is 0 Å². The summed E-state index contributed by atoms with van der Waals surface area (Å²) >= 11 is 0. The van der Waals surface area contributed by atoms with Gasteiger partial charge in [0.25, 0.3) is 0 Å². The van der Waals surface area contributed by atoms with Crippen LogP contribution in [-0.4, -0.2) is 23.1 Å². The number of alkyl halides is 3. The lowest BCUT2D eigenvalue weighted by Crippen LogP contribution is -2.33. The standard InChI is InChI=1S/C14H18F3NO/c1-10-3-2-6-18(8-10)9-11-4-5-13(19)12(7-11)14(15,16)17/h4-5,7,10,19H,2-3,6,8-9H2,1H3. The number of likely N-dealkylation sites (tertiary alicyclic amines) is 1. The van der Waals surface area contributed by atoms with E-state index in [1.165, 1.54) is 6.42 Å². The maximum atomic E-state index is 12.7. The lowest BCUT2D eigenvalue weighted by atomic mass is 9.99. The van der Waals surface area contributed by atoms with Crippen molar-refractivity contribution < 1.29 is 18.3 Å². The third kappa shape index (κ3) is 3.62. The van der Waals surface area contributed by atoms with Crippen LogP contribution in [0.5, 0.6) is 5.75 Å². The molecule has 1 fully saturated rings. The van der Waals surface area contributed by atoms with Gasteiger partial charge in [0, 0.05) is 13.1 Å². The Labute approximate surface area is 110 Å². The second-order valence-electron chi connectivity index (χ2n) is 5.33. The average Bonchev–Trinajstić information content (AvgIpc) is 2.30. The number of phenols is 1. The zero-order chi connectivity index (χ0) is 14.0. The molecular formula is C14H18F3NO. The number of rotatable bonds is 2. The molecule has 1 aromatic carbocycles. The number of piperidine rings is 1. The van der Waals surface area contributed by atoms with Crippen LogP contribution in [0.15, 0.2) is 18.2 Å². The van der Waals surface area contributed by atoms with E-state index in [9.17, 15) is 18.3 Å². The van der Waals surface area contributed by atoms with Gasteiger partial charge in [-0.2, -0.15) is 13.2 Å². The predicted octanol–water partition coefficient (Wildman–Crippen LogP) is 3.64. The lowest BCUT2D eigenvalue weighted by Gasteiger charge is -2.31. The van der Waals surface area contributed by atoms with Crippen LogP contribution in [0.3, 0.4) is 0 Å². The number of nitrogens with zero attached hydrogens (tertiary/aromatic N) is 1. The molecule has 1 N–H and O–H groups in total. The summed E-state index contributed by atoms with van der Waals surface area (Å²) in [5, 5.41) is 9.28. The van der Waals surface area contributed by atoms with Crippen molar-refractivity contribution in [3.05, 3.63) is 29.3 Å². The van der Waals surface area contributed by atoms with Gasteiger partial charge < -0.3 is 5.11 Å². The molecule has 1 aliphatic rings. The Morgan fingerprint density at radius 2 is 2.11 bits per heavy atom. The first-order valence-corrected chi connectivity index (χ1v) is 6.47. The number of benzene rings is 1. The monoisotopic (exact) mass is 273 g/mol. The Morgan fingerprint density at radius 3 is 2.74 bits per heavy atom. The first-order chi connectivity index (χ1) is 8.86. The smallest absolute Gasteiger partial charge is 0.419 e. The molecule has 0 aliphatic carbocycles. The molecule has 1 atom stereocenters. The number of aromatic hydroxyl groups is 1. The van der Waals surface area contributed by atoms with Crippen LogP contribution in [0.1, 0.15) is 30.9 Å². The summed E-state index contributed by atoms with van der Waals surface area (Å²) < 4.78 is 38.1. The number of hydrogen-bond donors (Lipinski definition) is 1. The van der Waals surface area contributed by atoms with Gasteiger partial charge in [0.1, 0.15) is 5.75 Å². The van der Waals surface area contributed by atoms with Gasteiger partial charge in [0.2, 0.25) is 0 Å². The fraction of sp³-hybridized carbons (Fsp3) is 0.571. The predicted molar refractivity (Wildman–Crippen MR) is 66.8 cm³/mol. The molecule has 19 heavy (non-hydrogen) atoms. The van der Waals surface area contributed by atoms with Crippen molar-refractivity contribution >= 4 is 0 Å². The molecule has 106 valence electrons. The van der Waals surface area contributed by atoms with Crippen LogP contribution in [0, 0.1) is 5.92 Å². The van der Waals surface area contributed by atoms with Crippen LogP contribution in [0.4, 0.5) is 13.2 Å². The molecule has 0 amide bonds. The molecule has 1 heterocycles.